The summed E-state index contributed by atoms with van der Waals surface area (Å²) in [5.74, 6) is -0.292. The number of nitrogens with zero attached hydrogens (tertiary/aromatic N) is 1. The molecule has 2 N–H and O–H groups in total. The number of carbonyl (C=O) groups is 1. The Balaban J connectivity index is 2.49. The lowest BCUT2D eigenvalue weighted by atomic mass is 10.2. The second kappa shape index (κ2) is 8.06. The van der Waals surface area contributed by atoms with Crippen LogP contribution in [0.15, 0.2) is 30.3 Å². The van der Waals surface area contributed by atoms with Crippen LogP contribution in [0.4, 0.5) is 5.69 Å². The number of amides is 1. The number of aliphatic hydroxyl groups excluding tert-OH is 1. The molecule has 0 aliphatic rings. The van der Waals surface area contributed by atoms with Gasteiger partial charge in [0.1, 0.15) is 0 Å². The summed E-state index contributed by atoms with van der Waals surface area (Å²) in [6, 6.07) is 6.03. The maximum Gasteiger partial charge on any atom is 0.270 e. The Morgan fingerprint density at radius 2 is 2.30 bits per heavy atom. The molecule has 1 amide bonds. The Morgan fingerprint density at radius 3 is 2.95 bits per heavy atom. The van der Waals surface area contributed by atoms with Gasteiger partial charge in [0.2, 0.25) is 5.91 Å². The van der Waals surface area contributed by atoms with E-state index >= 15 is 0 Å². The van der Waals surface area contributed by atoms with Gasteiger partial charge in [-0.25, -0.2) is 0 Å². The van der Waals surface area contributed by atoms with Crippen LogP contribution in [0.5, 0.6) is 0 Å². The monoisotopic (exact) mass is 278 g/mol. The van der Waals surface area contributed by atoms with Crippen LogP contribution < -0.4 is 5.32 Å². The third-order valence-electron chi connectivity index (χ3n) is 2.76. The van der Waals surface area contributed by atoms with E-state index in [-0.39, 0.29) is 11.6 Å². The second-order valence-electron chi connectivity index (χ2n) is 4.33. The molecule has 6 nitrogen and oxygen atoms in total. The summed E-state index contributed by atoms with van der Waals surface area (Å²) in [5.41, 5.74) is 0.571. The van der Waals surface area contributed by atoms with Crippen LogP contribution in [-0.2, 0) is 4.79 Å². The quantitative estimate of drug-likeness (QED) is 0.452. The van der Waals surface area contributed by atoms with Crippen molar-refractivity contribution in [2.75, 3.05) is 6.54 Å². The number of non-ortho nitro benzene ring substituents is 1. The summed E-state index contributed by atoms with van der Waals surface area (Å²) in [6.07, 6.45) is 3.58. The topological polar surface area (TPSA) is 92.5 Å². The largest absolute Gasteiger partial charge is 0.393 e. The van der Waals surface area contributed by atoms with E-state index in [9.17, 15) is 20.0 Å². The van der Waals surface area contributed by atoms with E-state index in [1.807, 2.05) is 6.92 Å². The molecule has 0 spiro atoms. The number of benzene rings is 1. The highest BCUT2D eigenvalue weighted by Gasteiger charge is 2.04. The van der Waals surface area contributed by atoms with Crippen molar-refractivity contribution in [2.24, 2.45) is 0 Å². The first-order valence-corrected chi connectivity index (χ1v) is 6.41. The van der Waals surface area contributed by atoms with E-state index in [1.54, 1.807) is 12.1 Å². The first-order chi connectivity index (χ1) is 9.52. The minimum Gasteiger partial charge on any atom is -0.393 e. The van der Waals surface area contributed by atoms with Gasteiger partial charge in [-0.15, -0.1) is 0 Å². The predicted molar refractivity (Wildman–Crippen MR) is 76.1 cm³/mol. The molecule has 6 heteroatoms. The van der Waals surface area contributed by atoms with Gasteiger partial charge in [-0.05, 0) is 24.5 Å². The molecule has 0 aliphatic heterocycles. The van der Waals surface area contributed by atoms with Crippen LogP contribution in [0.2, 0.25) is 0 Å². The van der Waals surface area contributed by atoms with Crippen molar-refractivity contribution in [3.63, 3.8) is 0 Å². The zero-order chi connectivity index (χ0) is 15.0. The van der Waals surface area contributed by atoms with E-state index in [0.717, 1.165) is 0 Å². The molecule has 0 radical (unpaired) electrons. The van der Waals surface area contributed by atoms with Crippen LogP contribution in [0.25, 0.3) is 6.08 Å². The van der Waals surface area contributed by atoms with Gasteiger partial charge >= 0.3 is 0 Å². The fourth-order valence-electron chi connectivity index (χ4n) is 1.54. The third-order valence-corrected chi connectivity index (χ3v) is 2.76. The Hall–Kier alpha value is -2.21. The molecular formula is C14H18N2O4. The van der Waals surface area contributed by atoms with Crippen molar-refractivity contribution < 1.29 is 14.8 Å². The smallest absolute Gasteiger partial charge is 0.270 e. The molecule has 1 aromatic rings. The first kappa shape index (κ1) is 15.8. The lowest BCUT2D eigenvalue weighted by Gasteiger charge is -2.07. The summed E-state index contributed by atoms with van der Waals surface area (Å²) >= 11 is 0. The first-order valence-electron chi connectivity index (χ1n) is 6.41. The lowest BCUT2D eigenvalue weighted by Crippen LogP contribution is -2.25. The molecule has 0 fully saturated rings. The Labute approximate surface area is 117 Å². The summed E-state index contributed by atoms with van der Waals surface area (Å²) in [6.45, 7) is 2.27. The van der Waals surface area contributed by atoms with Crippen molar-refractivity contribution in [3.8, 4) is 0 Å². The Kier molecular flexibility index (Phi) is 6.39. The summed E-state index contributed by atoms with van der Waals surface area (Å²) in [5, 5.41) is 22.6. The molecule has 0 saturated carbocycles. The van der Waals surface area contributed by atoms with Gasteiger partial charge in [-0.1, -0.05) is 19.1 Å². The number of rotatable bonds is 7. The van der Waals surface area contributed by atoms with Crippen molar-refractivity contribution >= 4 is 17.7 Å². The molecule has 0 aromatic heterocycles. The van der Waals surface area contributed by atoms with Gasteiger partial charge in [0.25, 0.3) is 5.69 Å². The molecule has 0 saturated heterocycles. The second-order valence-corrected chi connectivity index (χ2v) is 4.33. The van der Waals surface area contributed by atoms with E-state index in [4.69, 9.17) is 0 Å². The summed E-state index contributed by atoms with van der Waals surface area (Å²) in [4.78, 5) is 21.6. The minimum absolute atomic E-state index is 0.0152. The highest BCUT2D eigenvalue weighted by atomic mass is 16.6. The number of aliphatic hydroxyl groups is 1. The van der Waals surface area contributed by atoms with Crippen molar-refractivity contribution in [1.29, 1.82) is 0 Å². The highest BCUT2D eigenvalue weighted by molar-refractivity contribution is 5.91. The van der Waals surface area contributed by atoms with E-state index in [2.05, 4.69) is 5.32 Å². The van der Waals surface area contributed by atoms with Crippen LogP contribution >= 0.6 is 0 Å². The fraction of sp³-hybridized carbons (Fsp3) is 0.357. The normalized spacial score (nSPS) is 12.3. The van der Waals surface area contributed by atoms with Gasteiger partial charge in [-0.3, -0.25) is 14.9 Å². The summed E-state index contributed by atoms with van der Waals surface area (Å²) < 4.78 is 0. The fourth-order valence-corrected chi connectivity index (χ4v) is 1.54. The number of carbonyl (C=O) groups excluding carboxylic acids is 1. The highest BCUT2D eigenvalue weighted by Crippen LogP contribution is 2.13. The lowest BCUT2D eigenvalue weighted by molar-refractivity contribution is -0.384. The van der Waals surface area contributed by atoms with Crippen molar-refractivity contribution in [1.82, 2.24) is 5.32 Å². The Morgan fingerprint density at radius 1 is 1.55 bits per heavy atom. The molecule has 1 unspecified atom stereocenters. The zero-order valence-corrected chi connectivity index (χ0v) is 11.3. The predicted octanol–water partition coefficient (Wildman–Crippen LogP) is 1.89. The molecule has 1 atom stereocenters. The van der Waals surface area contributed by atoms with E-state index in [1.165, 1.54) is 24.3 Å². The molecule has 1 rings (SSSR count). The van der Waals surface area contributed by atoms with Crippen LogP contribution in [0, 0.1) is 10.1 Å². The van der Waals surface area contributed by atoms with E-state index in [0.29, 0.717) is 24.9 Å². The molecule has 0 heterocycles. The Bertz CT molecular complexity index is 500. The maximum absolute atomic E-state index is 11.5. The minimum atomic E-state index is -0.483. The van der Waals surface area contributed by atoms with Crippen LogP contribution in [0.1, 0.15) is 25.3 Å². The standard InChI is InChI=1S/C14H18N2O4/c1-2-13(17)8-9-15-14(18)7-6-11-4-3-5-12(10-11)16(19)20/h3-7,10,13,17H,2,8-9H2,1H3,(H,15,18)/b7-6+. The van der Waals surface area contributed by atoms with Crippen molar-refractivity contribution in [2.45, 2.75) is 25.9 Å². The number of nitro groups is 1. The number of nitro benzene ring substituents is 1. The van der Waals surface area contributed by atoms with Gasteiger partial charge in [0.15, 0.2) is 0 Å². The molecule has 0 aliphatic carbocycles. The number of hydrogen-bond donors (Lipinski definition) is 2. The molecule has 108 valence electrons. The van der Waals surface area contributed by atoms with Crippen molar-refractivity contribution in [3.05, 3.63) is 46.0 Å². The van der Waals surface area contributed by atoms with Crippen LogP contribution in [-0.4, -0.2) is 28.6 Å². The molecular weight excluding hydrogens is 260 g/mol. The average Bonchev–Trinajstić information content (AvgIpc) is 2.45. The van der Waals surface area contributed by atoms with E-state index < -0.39 is 11.0 Å². The molecule has 20 heavy (non-hydrogen) atoms. The average molecular weight is 278 g/mol. The maximum atomic E-state index is 11.5. The van der Waals surface area contributed by atoms with Gasteiger partial charge in [-0.2, -0.15) is 0 Å². The molecule has 0 bridgehead atoms. The zero-order valence-electron chi connectivity index (χ0n) is 11.3. The number of hydrogen-bond acceptors (Lipinski definition) is 4. The SMILES string of the molecule is CCC(O)CCNC(=O)/C=C/c1cccc([N+](=O)[O-])c1. The van der Waals surface area contributed by atoms with Gasteiger partial charge in [0, 0.05) is 24.8 Å². The number of nitrogens with one attached hydrogen (secondary N) is 1. The summed E-state index contributed by atoms with van der Waals surface area (Å²) in [7, 11) is 0. The third kappa shape index (κ3) is 5.62. The van der Waals surface area contributed by atoms with Gasteiger partial charge in [0.05, 0.1) is 11.0 Å². The molecule has 1 aromatic carbocycles. The van der Waals surface area contributed by atoms with Gasteiger partial charge < -0.3 is 10.4 Å². The van der Waals surface area contributed by atoms with Crippen LogP contribution in [0.3, 0.4) is 0 Å².